The Hall–Kier alpha value is -2.69. The monoisotopic (exact) mass is 282 g/mol. The van der Waals surface area contributed by atoms with E-state index in [1.807, 2.05) is 12.1 Å². The average Bonchev–Trinajstić information content (AvgIpc) is 2.46. The molecule has 0 aliphatic heterocycles. The van der Waals surface area contributed by atoms with Crippen molar-refractivity contribution in [3.05, 3.63) is 58.0 Å². The normalized spacial score (nSPS) is 11.4. The molecule has 106 valence electrons. The van der Waals surface area contributed by atoms with E-state index < -0.39 is 5.97 Å². The molecule has 1 aromatic carbocycles. The fourth-order valence-corrected chi connectivity index (χ4v) is 2.31. The first kappa shape index (κ1) is 13.3. The highest BCUT2D eigenvalue weighted by Gasteiger charge is 2.10. The van der Waals surface area contributed by atoms with Crippen LogP contribution in [0.4, 0.5) is 0 Å². The number of nitrogens with zero attached hydrogens (tertiary/aromatic N) is 2. The van der Waals surface area contributed by atoms with Crippen molar-refractivity contribution >= 4 is 22.5 Å². The Morgan fingerprint density at radius 2 is 2.00 bits per heavy atom. The second-order valence-corrected chi connectivity index (χ2v) is 5.30. The third-order valence-electron chi connectivity index (χ3n) is 3.55. The van der Waals surface area contributed by atoms with E-state index >= 15 is 0 Å². The van der Waals surface area contributed by atoms with E-state index in [0.717, 1.165) is 5.56 Å². The maximum Gasteiger partial charge on any atom is 0.335 e. The van der Waals surface area contributed by atoms with E-state index in [9.17, 15) is 9.59 Å². The summed E-state index contributed by atoms with van der Waals surface area (Å²) in [6.07, 6.45) is 1.45. The van der Waals surface area contributed by atoms with E-state index in [0.29, 0.717) is 22.5 Å². The summed E-state index contributed by atoms with van der Waals surface area (Å²) in [7, 11) is 0. The Kier molecular flexibility index (Phi) is 2.97. The molecule has 0 radical (unpaired) electrons. The molecule has 0 fully saturated rings. The van der Waals surface area contributed by atoms with Gasteiger partial charge in [0, 0.05) is 6.20 Å². The number of aromatic carboxylic acids is 1. The van der Waals surface area contributed by atoms with Gasteiger partial charge >= 0.3 is 5.97 Å². The number of carboxylic acids is 1. The summed E-state index contributed by atoms with van der Waals surface area (Å²) in [6, 6.07) is 8.40. The predicted molar refractivity (Wildman–Crippen MR) is 80.0 cm³/mol. The van der Waals surface area contributed by atoms with Crippen molar-refractivity contribution in [1.82, 2.24) is 9.38 Å². The molecule has 0 spiro atoms. The lowest BCUT2D eigenvalue weighted by Crippen LogP contribution is -2.16. The molecule has 0 bridgehead atoms. The topological polar surface area (TPSA) is 71.7 Å². The van der Waals surface area contributed by atoms with E-state index in [2.05, 4.69) is 18.8 Å². The molecule has 21 heavy (non-hydrogen) atoms. The molecular formula is C16H14N2O3. The molecule has 0 saturated heterocycles. The molecule has 2 heterocycles. The number of aromatic nitrogens is 2. The van der Waals surface area contributed by atoms with Gasteiger partial charge in [-0.3, -0.25) is 9.20 Å². The molecule has 0 atom stereocenters. The third-order valence-corrected chi connectivity index (χ3v) is 3.55. The minimum absolute atomic E-state index is 0.111. The van der Waals surface area contributed by atoms with E-state index in [1.165, 1.54) is 22.7 Å². The molecular weight excluding hydrogens is 268 g/mol. The van der Waals surface area contributed by atoms with Gasteiger partial charge in [0.25, 0.3) is 5.56 Å². The zero-order chi connectivity index (χ0) is 15.1. The molecule has 1 N–H and O–H groups in total. The summed E-state index contributed by atoms with van der Waals surface area (Å²) in [5, 5.41) is 9.55. The van der Waals surface area contributed by atoms with Gasteiger partial charge < -0.3 is 5.11 Å². The van der Waals surface area contributed by atoms with Gasteiger partial charge in [-0.15, -0.1) is 0 Å². The van der Waals surface area contributed by atoms with Crippen LogP contribution < -0.4 is 5.56 Å². The van der Waals surface area contributed by atoms with Crippen molar-refractivity contribution in [3.63, 3.8) is 0 Å². The number of fused-ring (bicyclic) bond motifs is 2. The molecule has 3 aromatic rings. The van der Waals surface area contributed by atoms with Gasteiger partial charge in [-0.25, -0.2) is 9.78 Å². The van der Waals surface area contributed by atoms with Crippen LogP contribution in [0.3, 0.4) is 0 Å². The second-order valence-electron chi connectivity index (χ2n) is 5.30. The van der Waals surface area contributed by atoms with Crippen LogP contribution in [0.2, 0.25) is 0 Å². The summed E-state index contributed by atoms with van der Waals surface area (Å²) < 4.78 is 1.37. The smallest absolute Gasteiger partial charge is 0.335 e. The zero-order valence-electron chi connectivity index (χ0n) is 11.7. The quantitative estimate of drug-likeness (QED) is 0.733. The maximum atomic E-state index is 12.5. The van der Waals surface area contributed by atoms with Crippen molar-refractivity contribution in [2.45, 2.75) is 19.8 Å². The minimum Gasteiger partial charge on any atom is -0.478 e. The summed E-state index contributed by atoms with van der Waals surface area (Å²) in [5.74, 6) is -0.717. The van der Waals surface area contributed by atoms with Gasteiger partial charge in [-0.05, 0) is 35.7 Å². The number of benzene rings is 1. The largest absolute Gasteiger partial charge is 0.478 e. The van der Waals surface area contributed by atoms with Crippen LogP contribution in [-0.2, 0) is 0 Å². The van der Waals surface area contributed by atoms with Crippen molar-refractivity contribution in [2.24, 2.45) is 0 Å². The fourth-order valence-electron chi connectivity index (χ4n) is 2.31. The highest BCUT2D eigenvalue weighted by molar-refractivity contribution is 5.89. The second kappa shape index (κ2) is 4.70. The SMILES string of the molecule is CC(C)c1ccc2nc3cc(C(=O)O)ccn3c(=O)c2c1. The summed E-state index contributed by atoms with van der Waals surface area (Å²) in [4.78, 5) is 27.9. The first-order valence-electron chi connectivity index (χ1n) is 6.67. The maximum absolute atomic E-state index is 12.5. The minimum atomic E-state index is -1.04. The van der Waals surface area contributed by atoms with Gasteiger partial charge in [0.05, 0.1) is 16.5 Å². The standard InChI is InChI=1S/C16H14N2O3/c1-9(2)10-3-4-13-12(7-10)15(19)18-6-5-11(16(20)21)8-14(18)17-13/h3-9H,1-2H3,(H,20,21). The van der Waals surface area contributed by atoms with Crippen LogP contribution in [0.15, 0.2) is 41.3 Å². The van der Waals surface area contributed by atoms with E-state index in [1.54, 1.807) is 6.07 Å². The summed E-state index contributed by atoms with van der Waals surface area (Å²) >= 11 is 0. The Labute approximate surface area is 120 Å². The van der Waals surface area contributed by atoms with Crippen molar-refractivity contribution in [3.8, 4) is 0 Å². The predicted octanol–water partition coefficient (Wildman–Crippen LogP) is 2.67. The molecule has 0 amide bonds. The highest BCUT2D eigenvalue weighted by Crippen LogP contribution is 2.19. The molecule has 5 heteroatoms. The first-order valence-corrected chi connectivity index (χ1v) is 6.67. The lowest BCUT2D eigenvalue weighted by atomic mass is 10.0. The molecule has 0 saturated carbocycles. The fraction of sp³-hybridized carbons (Fsp3) is 0.188. The lowest BCUT2D eigenvalue weighted by Gasteiger charge is -2.08. The van der Waals surface area contributed by atoms with Gasteiger partial charge in [0.2, 0.25) is 0 Å². The van der Waals surface area contributed by atoms with Gasteiger partial charge in [0.1, 0.15) is 5.65 Å². The van der Waals surface area contributed by atoms with Crippen molar-refractivity contribution in [2.75, 3.05) is 0 Å². The summed E-state index contributed by atoms with van der Waals surface area (Å²) in [5.41, 5.74) is 1.91. The molecule has 2 aromatic heterocycles. The number of hydrogen-bond acceptors (Lipinski definition) is 3. The van der Waals surface area contributed by atoms with Crippen LogP contribution in [0, 0.1) is 0 Å². The van der Waals surface area contributed by atoms with Crippen LogP contribution in [-0.4, -0.2) is 20.5 Å². The van der Waals surface area contributed by atoms with Crippen LogP contribution in [0.25, 0.3) is 16.6 Å². The van der Waals surface area contributed by atoms with Crippen LogP contribution >= 0.6 is 0 Å². The molecule has 0 unspecified atom stereocenters. The lowest BCUT2D eigenvalue weighted by molar-refractivity contribution is 0.0697. The zero-order valence-corrected chi connectivity index (χ0v) is 11.7. The molecule has 0 aliphatic carbocycles. The highest BCUT2D eigenvalue weighted by atomic mass is 16.4. The van der Waals surface area contributed by atoms with Crippen LogP contribution in [0.1, 0.15) is 35.7 Å². The molecule has 5 nitrogen and oxygen atoms in total. The Balaban J connectivity index is 2.37. The molecule has 0 aliphatic rings. The number of hydrogen-bond donors (Lipinski definition) is 1. The number of rotatable bonds is 2. The van der Waals surface area contributed by atoms with E-state index in [-0.39, 0.29) is 11.1 Å². The van der Waals surface area contributed by atoms with Gasteiger partial charge in [0.15, 0.2) is 0 Å². The number of pyridine rings is 1. The van der Waals surface area contributed by atoms with Gasteiger partial charge in [-0.2, -0.15) is 0 Å². The Morgan fingerprint density at radius 1 is 1.24 bits per heavy atom. The first-order chi connectivity index (χ1) is 9.97. The van der Waals surface area contributed by atoms with Crippen molar-refractivity contribution in [1.29, 1.82) is 0 Å². The number of carbonyl (C=O) groups is 1. The molecule has 3 rings (SSSR count). The van der Waals surface area contributed by atoms with E-state index in [4.69, 9.17) is 5.11 Å². The van der Waals surface area contributed by atoms with Crippen molar-refractivity contribution < 1.29 is 9.90 Å². The Bertz CT molecular complexity index is 926. The third kappa shape index (κ3) is 2.16. The summed E-state index contributed by atoms with van der Waals surface area (Å²) in [6.45, 7) is 4.12. The van der Waals surface area contributed by atoms with Gasteiger partial charge in [-0.1, -0.05) is 19.9 Å². The average molecular weight is 282 g/mol. The van der Waals surface area contributed by atoms with Crippen LogP contribution in [0.5, 0.6) is 0 Å². The number of carboxylic acid groups (broad SMARTS) is 1. The Morgan fingerprint density at radius 3 is 2.67 bits per heavy atom.